The van der Waals surface area contributed by atoms with Gasteiger partial charge in [-0.25, -0.2) is 4.79 Å². The van der Waals surface area contributed by atoms with Gasteiger partial charge < -0.3 is 15.0 Å². The predicted molar refractivity (Wildman–Crippen MR) is 133 cm³/mol. The standard InChI is InChI=1S/C27H32N2O4S/c1-19(21-13-12-20-8-2-3-9-22(20)16-21)28-25(30)17-33-27(32)23-10-4-5-11-24(23)34-18-26(31)29-14-6-7-15-29/h4-5,10-13,16,19H,2-3,6-9,14-15,17-18H2,1H3,(H,28,30). The fourth-order valence-corrected chi connectivity index (χ4v) is 5.50. The quantitative estimate of drug-likeness (QED) is 0.450. The Morgan fingerprint density at radius 2 is 1.74 bits per heavy atom. The molecule has 7 heteroatoms. The van der Waals surface area contributed by atoms with E-state index in [-0.39, 0.29) is 30.2 Å². The molecule has 0 bridgehead atoms. The van der Waals surface area contributed by atoms with E-state index in [1.54, 1.807) is 18.2 Å². The van der Waals surface area contributed by atoms with Crippen LogP contribution in [0.1, 0.15) is 65.7 Å². The van der Waals surface area contributed by atoms with E-state index in [2.05, 4.69) is 23.5 Å². The van der Waals surface area contributed by atoms with Gasteiger partial charge in [0.1, 0.15) is 0 Å². The molecule has 180 valence electrons. The van der Waals surface area contributed by atoms with Crippen molar-refractivity contribution in [2.75, 3.05) is 25.4 Å². The SMILES string of the molecule is CC(NC(=O)COC(=O)c1ccccc1SCC(=O)N1CCCC1)c1ccc2c(c1)CCCC2. The van der Waals surface area contributed by atoms with E-state index in [9.17, 15) is 14.4 Å². The molecule has 2 aromatic rings. The number of thioether (sulfide) groups is 1. The third-order valence-corrected chi connectivity index (χ3v) is 7.56. The summed E-state index contributed by atoms with van der Waals surface area (Å²) in [6.45, 7) is 3.21. The highest BCUT2D eigenvalue weighted by Crippen LogP contribution is 2.26. The maximum Gasteiger partial charge on any atom is 0.339 e. The molecular weight excluding hydrogens is 448 g/mol. The average molecular weight is 481 g/mol. The highest BCUT2D eigenvalue weighted by Gasteiger charge is 2.20. The summed E-state index contributed by atoms with van der Waals surface area (Å²) >= 11 is 1.33. The van der Waals surface area contributed by atoms with Crippen LogP contribution >= 0.6 is 11.8 Å². The van der Waals surface area contributed by atoms with Gasteiger partial charge in [-0.05, 0) is 74.3 Å². The summed E-state index contributed by atoms with van der Waals surface area (Å²) in [7, 11) is 0. The van der Waals surface area contributed by atoms with Crippen LogP contribution in [0.4, 0.5) is 0 Å². The van der Waals surface area contributed by atoms with E-state index < -0.39 is 5.97 Å². The zero-order valence-electron chi connectivity index (χ0n) is 19.7. The van der Waals surface area contributed by atoms with E-state index in [4.69, 9.17) is 4.74 Å². The van der Waals surface area contributed by atoms with Gasteiger partial charge >= 0.3 is 5.97 Å². The number of nitrogens with one attached hydrogen (secondary N) is 1. The molecule has 1 aliphatic carbocycles. The van der Waals surface area contributed by atoms with Crippen LogP contribution in [0.2, 0.25) is 0 Å². The zero-order chi connectivity index (χ0) is 23.9. The number of carbonyl (C=O) groups is 3. The third-order valence-electron chi connectivity index (χ3n) is 6.50. The summed E-state index contributed by atoms with van der Waals surface area (Å²) in [4.78, 5) is 40.0. The van der Waals surface area contributed by atoms with Crippen molar-refractivity contribution in [2.24, 2.45) is 0 Å². The molecule has 6 nitrogen and oxygen atoms in total. The minimum Gasteiger partial charge on any atom is -0.452 e. The van der Waals surface area contributed by atoms with Crippen LogP contribution in [-0.2, 0) is 27.2 Å². The van der Waals surface area contributed by atoms with Crippen LogP contribution in [-0.4, -0.2) is 48.1 Å². The van der Waals surface area contributed by atoms with E-state index >= 15 is 0 Å². The van der Waals surface area contributed by atoms with Crippen molar-refractivity contribution in [2.45, 2.75) is 56.4 Å². The predicted octanol–water partition coefficient (Wildman–Crippen LogP) is 4.31. The molecule has 0 saturated carbocycles. The first kappa shape index (κ1) is 24.3. The van der Waals surface area contributed by atoms with Crippen molar-refractivity contribution in [3.63, 3.8) is 0 Å². The van der Waals surface area contributed by atoms with E-state index in [1.807, 2.05) is 17.9 Å². The first-order chi connectivity index (χ1) is 16.5. The van der Waals surface area contributed by atoms with E-state index in [0.29, 0.717) is 10.5 Å². The van der Waals surface area contributed by atoms with Gasteiger partial charge in [-0.1, -0.05) is 30.3 Å². The van der Waals surface area contributed by atoms with Crippen molar-refractivity contribution in [1.82, 2.24) is 10.2 Å². The summed E-state index contributed by atoms with van der Waals surface area (Å²) < 4.78 is 5.30. The summed E-state index contributed by atoms with van der Waals surface area (Å²) in [5, 5.41) is 2.92. The lowest BCUT2D eigenvalue weighted by atomic mass is 9.89. The van der Waals surface area contributed by atoms with Crippen LogP contribution < -0.4 is 5.32 Å². The van der Waals surface area contributed by atoms with Crippen molar-refractivity contribution in [1.29, 1.82) is 0 Å². The molecule has 2 aromatic carbocycles. The van der Waals surface area contributed by atoms with Gasteiger partial charge in [-0.2, -0.15) is 0 Å². The second kappa shape index (κ2) is 11.6. The number of benzene rings is 2. The molecule has 1 fully saturated rings. The second-order valence-corrected chi connectivity index (χ2v) is 9.99. The normalized spacial score (nSPS) is 16.0. The van der Waals surface area contributed by atoms with Gasteiger partial charge in [0.05, 0.1) is 17.4 Å². The maximum absolute atomic E-state index is 12.7. The third kappa shape index (κ3) is 6.20. The number of fused-ring (bicyclic) bond motifs is 1. The number of hydrogen-bond donors (Lipinski definition) is 1. The second-order valence-electron chi connectivity index (χ2n) is 8.97. The largest absolute Gasteiger partial charge is 0.452 e. The fourth-order valence-electron chi connectivity index (χ4n) is 4.56. The lowest BCUT2D eigenvalue weighted by Crippen LogP contribution is -2.31. The fraction of sp³-hybridized carbons (Fsp3) is 0.444. The number of nitrogens with zero attached hydrogens (tertiary/aromatic N) is 1. The minimum atomic E-state index is -0.562. The van der Waals surface area contributed by atoms with Crippen molar-refractivity contribution < 1.29 is 19.1 Å². The number of ether oxygens (including phenoxy) is 1. The first-order valence-corrected chi connectivity index (χ1v) is 13.1. The van der Waals surface area contributed by atoms with Crippen molar-refractivity contribution in [3.05, 3.63) is 64.7 Å². The van der Waals surface area contributed by atoms with Gasteiger partial charge in [-0.3, -0.25) is 9.59 Å². The Morgan fingerprint density at radius 3 is 2.53 bits per heavy atom. The highest BCUT2D eigenvalue weighted by molar-refractivity contribution is 8.00. The van der Waals surface area contributed by atoms with Gasteiger partial charge in [0.2, 0.25) is 5.91 Å². The number of amides is 2. The Hall–Kier alpha value is -2.80. The molecule has 4 rings (SSSR count). The summed E-state index contributed by atoms with van der Waals surface area (Å²) in [5.74, 6) is -0.536. The Balaban J connectivity index is 1.28. The molecule has 2 amide bonds. The number of carbonyl (C=O) groups excluding carboxylic acids is 3. The smallest absolute Gasteiger partial charge is 0.339 e. The molecular formula is C27H32N2O4S. The van der Waals surface area contributed by atoms with Crippen molar-refractivity contribution >= 4 is 29.5 Å². The molecule has 0 aromatic heterocycles. The van der Waals surface area contributed by atoms with E-state index in [1.165, 1.54) is 35.7 Å². The van der Waals surface area contributed by atoms with Crippen molar-refractivity contribution in [3.8, 4) is 0 Å². The Labute approximate surface area is 205 Å². The zero-order valence-corrected chi connectivity index (χ0v) is 20.5. The molecule has 1 aliphatic heterocycles. The Kier molecular flexibility index (Phi) is 8.27. The maximum atomic E-state index is 12.7. The average Bonchev–Trinajstić information content (AvgIpc) is 3.41. The van der Waals surface area contributed by atoms with Crippen LogP contribution in [0, 0.1) is 0 Å². The molecule has 2 aliphatic rings. The summed E-state index contributed by atoms with van der Waals surface area (Å²) in [6, 6.07) is 13.3. The molecule has 1 atom stereocenters. The van der Waals surface area contributed by atoms with Gasteiger partial charge in [0.15, 0.2) is 6.61 Å². The van der Waals surface area contributed by atoms with Crippen LogP contribution in [0.15, 0.2) is 47.4 Å². The number of esters is 1. The molecule has 1 heterocycles. The number of rotatable bonds is 8. The summed E-state index contributed by atoms with van der Waals surface area (Å²) in [5.41, 5.74) is 4.21. The lowest BCUT2D eigenvalue weighted by molar-refractivity contribution is -0.127. The first-order valence-electron chi connectivity index (χ1n) is 12.1. The number of hydrogen-bond acceptors (Lipinski definition) is 5. The Bertz CT molecular complexity index is 1050. The van der Waals surface area contributed by atoms with Gasteiger partial charge in [0.25, 0.3) is 5.91 Å². The topological polar surface area (TPSA) is 75.7 Å². The summed E-state index contributed by atoms with van der Waals surface area (Å²) in [6.07, 6.45) is 6.75. The van der Waals surface area contributed by atoms with E-state index in [0.717, 1.165) is 44.3 Å². The molecule has 0 spiro atoms. The number of likely N-dealkylation sites (tertiary alicyclic amines) is 1. The molecule has 1 N–H and O–H groups in total. The lowest BCUT2D eigenvalue weighted by Gasteiger charge is -2.20. The highest BCUT2D eigenvalue weighted by atomic mass is 32.2. The molecule has 1 unspecified atom stereocenters. The number of aryl methyl sites for hydroxylation is 2. The molecule has 34 heavy (non-hydrogen) atoms. The van der Waals surface area contributed by atoms with Crippen LogP contribution in [0.25, 0.3) is 0 Å². The van der Waals surface area contributed by atoms with Gasteiger partial charge in [0, 0.05) is 18.0 Å². The molecule has 0 radical (unpaired) electrons. The monoisotopic (exact) mass is 480 g/mol. The Morgan fingerprint density at radius 1 is 1.00 bits per heavy atom. The van der Waals surface area contributed by atoms with Gasteiger partial charge in [-0.15, -0.1) is 11.8 Å². The van der Waals surface area contributed by atoms with Crippen LogP contribution in [0.3, 0.4) is 0 Å². The minimum absolute atomic E-state index is 0.0845. The van der Waals surface area contributed by atoms with Crippen LogP contribution in [0.5, 0.6) is 0 Å². The molecule has 1 saturated heterocycles.